The van der Waals surface area contributed by atoms with Gasteiger partial charge in [-0.3, -0.25) is 4.79 Å². The van der Waals surface area contributed by atoms with Gasteiger partial charge in [-0.25, -0.2) is 4.98 Å². The van der Waals surface area contributed by atoms with Crippen LogP contribution in [0.25, 0.3) is 0 Å². The topological polar surface area (TPSA) is 55.1 Å². The van der Waals surface area contributed by atoms with Crippen LogP contribution in [0.15, 0.2) is 36.9 Å². The van der Waals surface area contributed by atoms with Gasteiger partial charge in [0, 0.05) is 12.4 Å². The fourth-order valence-electron chi connectivity index (χ4n) is 1.60. The van der Waals surface area contributed by atoms with E-state index in [4.69, 9.17) is 0 Å². The molecule has 1 atom stereocenters. The standard InChI is InChI=1S/C12H12N2O2.ClH/c1-9(14-5-4-13-8-14)10-2-3-12(16)11(6-10)7-15;/h2-9,16H,1H3;1H. The fraction of sp³-hybridized carbons (Fsp3) is 0.167. The maximum Gasteiger partial charge on any atom is 0.153 e. The molecule has 0 radical (unpaired) electrons. The molecule has 1 aromatic heterocycles. The molecule has 0 aliphatic carbocycles. The summed E-state index contributed by atoms with van der Waals surface area (Å²) in [7, 11) is 0. The van der Waals surface area contributed by atoms with Gasteiger partial charge >= 0.3 is 0 Å². The molecule has 0 bridgehead atoms. The molecule has 4 nitrogen and oxygen atoms in total. The van der Waals surface area contributed by atoms with Crippen molar-refractivity contribution in [1.82, 2.24) is 9.55 Å². The molecule has 1 aromatic carbocycles. The first kappa shape index (κ1) is 13.3. The lowest BCUT2D eigenvalue weighted by Crippen LogP contribution is -2.04. The molecule has 2 rings (SSSR count). The van der Waals surface area contributed by atoms with Gasteiger partial charge in [0.25, 0.3) is 0 Å². The van der Waals surface area contributed by atoms with Crippen molar-refractivity contribution in [2.75, 3.05) is 0 Å². The highest BCUT2D eigenvalue weighted by molar-refractivity contribution is 5.85. The van der Waals surface area contributed by atoms with Crippen LogP contribution < -0.4 is 0 Å². The molecule has 1 N–H and O–H groups in total. The van der Waals surface area contributed by atoms with Crippen LogP contribution in [0.5, 0.6) is 5.75 Å². The van der Waals surface area contributed by atoms with Crippen molar-refractivity contribution in [3.63, 3.8) is 0 Å². The Bertz CT molecular complexity index is 497. The fourth-order valence-corrected chi connectivity index (χ4v) is 1.60. The first-order chi connectivity index (χ1) is 7.72. The van der Waals surface area contributed by atoms with E-state index in [9.17, 15) is 9.90 Å². The lowest BCUT2D eigenvalue weighted by atomic mass is 10.0. The Morgan fingerprint density at radius 1 is 1.47 bits per heavy atom. The number of halogens is 1. The van der Waals surface area contributed by atoms with Crippen molar-refractivity contribution in [2.45, 2.75) is 13.0 Å². The number of imidazole rings is 1. The normalized spacial score (nSPS) is 11.6. The van der Waals surface area contributed by atoms with Gasteiger partial charge in [-0.2, -0.15) is 0 Å². The molecule has 2 aromatic rings. The van der Waals surface area contributed by atoms with Crippen LogP contribution in [-0.2, 0) is 0 Å². The van der Waals surface area contributed by atoms with Crippen molar-refractivity contribution in [1.29, 1.82) is 0 Å². The molecule has 0 aliphatic heterocycles. The number of carbonyl (C=O) groups is 1. The summed E-state index contributed by atoms with van der Waals surface area (Å²) < 4.78 is 1.93. The molecule has 0 saturated carbocycles. The Hall–Kier alpha value is -1.81. The third kappa shape index (κ3) is 2.65. The summed E-state index contributed by atoms with van der Waals surface area (Å²) >= 11 is 0. The monoisotopic (exact) mass is 252 g/mol. The van der Waals surface area contributed by atoms with Crippen LogP contribution in [0, 0.1) is 0 Å². The third-order valence-electron chi connectivity index (χ3n) is 2.63. The Kier molecular flexibility index (Phi) is 4.29. The van der Waals surface area contributed by atoms with Gasteiger partial charge < -0.3 is 9.67 Å². The van der Waals surface area contributed by atoms with Crippen molar-refractivity contribution < 1.29 is 9.90 Å². The summed E-state index contributed by atoms with van der Waals surface area (Å²) in [6.45, 7) is 2.00. The number of phenolic OH excluding ortho intramolecular Hbond substituents is 1. The minimum atomic E-state index is 0. The minimum absolute atomic E-state index is 0. The van der Waals surface area contributed by atoms with E-state index in [2.05, 4.69) is 4.98 Å². The molecular weight excluding hydrogens is 240 g/mol. The van der Waals surface area contributed by atoms with E-state index >= 15 is 0 Å². The number of phenols is 1. The highest BCUT2D eigenvalue weighted by Crippen LogP contribution is 2.23. The summed E-state index contributed by atoms with van der Waals surface area (Å²) in [5.41, 5.74) is 1.27. The first-order valence-electron chi connectivity index (χ1n) is 4.98. The second-order valence-electron chi connectivity index (χ2n) is 3.62. The molecular formula is C12H13ClN2O2. The lowest BCUT2D eigenvalue weighted by Gasteiger charge is -2.14. The van der Waals surface area contributed by atoms with E-state index in [0.717, 1.165) is 5.56 Å². The van der Waals surface area contributed by atoms with Crippen molar-refractivity contribution in [3.8, 4) is 5.75 Å². The molecule has 0 saturated heterocycles. The Balaban J connectivity index is 0.00000144. The number of benzene rings is 1. The zero-order valence-corrected chi connectivity index (χ0v) is 10.1. The number of aldehydes is 1. The van der Waals surface area contributed by atoms with E-state index in [1.807, 2.05) is 17.7 Å². The highest BCUT2D eigenvalue weighted by atomic mass is 35.5. The lowest BCUT2D eigenvalue weighted by molar-refractivity contribution is 0.112. The summed E-state index contributed by atoms with van der Waals surface area (Å²) in [5.74, 6) is 0.0107. The van der Waals surface area contributed by atoms with Gasteiger partial charge in [0.2, 0.25) is 0 Å². The van der Waals surface area contributed by atoms with Gasteiger partial charge in [-0.1, -0.05) is 6.07 Å². The first-order valence-corrected chi connectivity index (χ1v) is 4.98. The molecule has 0 aliphatic rings. The number of nitrogens with zero attached hydrogens (tertiary/aromatic N) is 2. The van der Waals surface area contributed by atoms with Crippen LogP contribution in [0.2, 0.25) is 0 Å². The predicted molar refractivity (Wildman–Crippen MR) is 66.8 cm³/mol. The van der Waals surface area contributed by atoms with Gasteiger partial charge in [0.1, 0.15) is 5.75 Å². The quantitative estimate of drug-likeness (QED) is 0.854. The molecule has 0 spiro atoms. The summed E-state index contributed by atoms with van der Waals surface area (Å²) in [6, 6.07) is 5.11. The van der Waals surface area contributed by atoms with Crippen LogP contribution in [0.3, 0.4) is 0 Å². The molecule has 90 valence electrons. The Labute approximate surface area is 105 Å². The predicted octanol–water partition coefficient (Wildman–Crippen LogP) is 2.43. The van der Waals surface area contributed by atoms with Crippen LogP contribution in [0.4, 0.5) is 0 Å². The van der Waals surface area contributed by atoms with E-state index in [-0.39, 0.29) is 24.2 Å². The second kappa shape index (κ2) is 5.50. The molecule has 1 heterocycles. The molecule has 0 amide bonds. The number of hydrogen-bond donors (Lipinski definition) is 1. The smallest absolute Gasteiger partial charge is 0.153 e. The SMILES string of the molecule is CC(c1ccc(O)c(C=O)c1)n1ccnc1.Cl. The molecule has 17 heavy (non-hydrogen) atoms. The average molecular weight is 253 g/mol. The van der Waals surface area contributed by atoms with E-state index < -0.39 is 0 Å². The number of rotatable bonds is 3. The maximum absolute atomic E-state index is 10.7. The van der Waals surface area contributed by atoms with E-state index in [1.165, 1.54) is 6.07 Å². The van der Waals surface area contributed by atoms with Crippen LogP contribution in [0.1, 0.15) is 28.9 Å². The summed E-state index contributed by atoms with van der Waals surface area (Å²) in [4.78, 5) is 14.7. The average Bonchev–Trinajstić information content (AvgIpc) is 2.82. The third-order valence-corrected chi connectivity index (χ3v) is 2.63. The van der Waals surface area contributed by atoms with Gasteiger partial charge in [0.15, 0.2) is 6.29 Å². The van der Waals surface area contributed by atoms with Crippen molar-refractivity contribution >= 4 is 18.7 Å². The number of carbonyl (C=O) groups excluding carboxylic acids is 1. The molecule has 1 unspecified atom stereocenters. The number of aromatic nitrogens is 2. The largest absolute Gasteiger partial charge is 0.507 e. The Morgan fingerprint density at radius 2 is 2.24 bits per heavy atom. The molecule has 0 fully saturated rings. The second-order valence-corrected chi connectivity index (χ2v) is 3.62. The zero-order valence-electron chi connectivity index (χ0n) is 9.28. The minimum Gasteiger partial charge on any atom is -0.507 e. The maximum atomic E-state index is 10.7. The number of hydrogen-bond acceptors (Lipinski definition) is 3. The van der Waals surface area contributed by atoms with Gasteiger partial charge in [-0.15, -0.1) is 12.4 Å². The Morgan fingerprint density at radius 3 is 2.82 bits per heavy atom. The van der Waals surface area contributed by atoms with Gasteiger partial charge in [0.05, 0.1) is 17.9 Å². The summed E-state index contributed by atoms with van der Waals surface area (Å²) in [5, 5.41) is 9.40. The van der Waals surface area contributed by atoms with E-state index in [0.29, 0.717) is 11.8 Å². The van der Waals surface area contributed by atoms with Crippen LogP contribution >= 0.6 is 12.4 Å². The summed E-state index contributed by atoms with van der Waals surface area (Å²) in [6.07, 6.45) is 5.94. The van der Waals surface area contributed by atoms with Gasteiger partial charge in [-0.05, 0) is 24.6 Å². The number of aromatic hydroxyl groups is 1. The van der Waals surface area contributed by atoms with Crippen molar-refractivity contribution in [3.05, 3.63) is 48.0 Å². The van der Waals surface area contributed by atoms with Crippen LogP contribution in [-0.4, -0.2) is 20.9 Å². The molecule has 5 heteroatoms. The zero-order chi connectivity index (χ0) is 11.5. The van der Waals surface area contributed by atoms with E-state index in [1.54, 1.807) is 24.7 Å². The highest BCUT2D eigenvalue weighted by Gasteiger charge is 2.09. The van der Waals surface area contributed by atoms with Crippen molar-refractivity contribution in [2.24, 2.45) is 0 Å².